The van der Waals surface area contributed by atoms with Crippen molar-refractivity contribution >= 4 is 12.1 Å². The molecule has 212 valence electrons. The highest BCUT2D eigenvalue weighted by Crippen LogP contribution is 2.44. The molecule has 0 fully saturated rings. The minimum Gasteiger partial charge on any atom is -0.449 e. The second-order valence-corrected chi connectivity index (χ2v) is 10.2. The molecule has 3 aromatic carbocycles. The van der Waals surface area contributed by atoms with E-state index in [1.54, 1.807) is 20.8 Å². The lowest BCUT2D eigenvalue weighted by Crippen LogP contribution is -2.52. The maximum Gasteiger partial charge on any atom is 0.407 e. The molecule has 11 heteroatoms. The van der Waals surface area contributed by atoms with Crippen LogP contribution in [0.4, 0.5) is 26.7 Å². The largest absolute Gasteiger partial charge is 0.449 e. The Morgan fingerprint density at radius 2 is 1.30 bits per heavy atom. The van der Waals surface area contributed by atoms with Gasteiger partial charge in [0.05, 0.1) is 11.7 Å². The first-order valence-corrected chi connectivity index (χ1v) is 12.3. The zero-order valence-electron chi connectivity index (χ0n) is 22.0. The van der Waals surface area contributed by atoms with Crippen molar-refractivity contribution in [2.24, 2.45) is 0 Å². The van der Waals surface area contributed by atoms with Crippen molar-refractivity contribution < 1.29 is 45.8 Å². The topological polar surface area (TPSA) is 73.9 Å². The Bertz CT molecular complexity index is 1380. The molecule has 0 spiro atoms. The lowest BCUT2D eigenvalue weighted by molar-refractivity contribution is -0.144. The van der Waals surface area contributed by atoms with Crippen molar-refractivity contribution in [2.75, 3.05) is 6.61 Å². The van der Waals surface area contributed by atoms with Crippen LogP contribution in [0.3, 0.4) is 0 Å². The number of carbonyl (C=O) groups excluding carboxylic acids is 2. The molecule has 0 bridgehead atoms. The van der Waals surface area contributed by atoms with E-state index in [2.05, 4.69) is 10.1 Å². The maximum absolute atomic E-state index is 14.2. The first kappa shape index (κ1) is 29.0. The van der Waals surface area contributed by atoms with Crippen LogP contribution in [-0.2, 0) is 14.3 Å². The molecule has 0 heterocycles. The third-order valence-corrected chi connectivity index (χ3v) is 6.25. The number of rotatable bonds is 7. The highest BCUT2D eigenvalue weighted by Gasteiger charge is 2.36. The molecule has 2 atom stereocenters. The molecule has 6 nitrogen and oxygen atoms in total. The first-order chi connectivity index (χ1) is 18.8. The molecule has 0 radical (unpaired) electrons. The third kappa shape index (κ3) is 5.79. The lowest BCUT2D eigenvalue weighted by Gasteiger charge is -2.30. The van der Waals surface area contributed by atoms with Gasteiger partial charge in [-0.1, -0.05) is 48.5 Å². The summed E-state index contributed by atoms with van der Waals surface area (Å²) in [4.78, 5) is 25.8. The van der Waals surface area contributed by atoms with Crippen LogP contribution in [0, 0.1) is 29.1 Å². The van der Waals surface area contributed by atoms with Crippen LogP contribution in [0.1, 0.15) is 44.7 Å². The fourth-order valence-corrected chi connectivity index (χ4v) is 4.60. The Hall–Kier alpha value is -3.99. The van der Waals surface area contributed by atoms with E-state index in [1.165, 1.54) is 6.92 Å². The fourth-order valence-electron chi connectivity index (χ4n) is 4.60. The smallest absolute Gasteiger partial charge is 0.407 e. The summed E-state index contributed by atoms with van der Waals surface area (Å²) in [7, 11) is 0. The van der Waals surface area contributed by atoms with Gasteiger partial charge in [0.15, 0.2) is 6.04 Å². The van der Waals surface area contributed by atoms with Crippen molar-refractivity contribution in [2.45, 2.75) is 51.4 Å². The molecule has 40 heavy (non-hydrogen) atoms. The summed E-state index contributed by atoms with van der Waals surface area (Å²) in [5, 5.41) is 2.24. The third-order valence-electron chi connectivity index (χ3n) is 6.25. The zero-order chi connectivity index (χ0) is 29.4. The van der Waals surface area contributed by atoms with Gasteiger partial charge in [0, 0.05) is 5.92 Å². The highest BCUT2D eigenvalue weighted by atomic mass is 19.2. The Balaban J connectivity index is 1.54. The summed E-state index contributed by atoms with van der Waals surface area (Å²) in [5.41, 5.74) is 2.99. The second kappa shape index (κ2) is 11.2. The molecule has 1 unspecified atom stereocenters. The van der Waals surface area contributed by atoms with Gasteiger partial charge >= 0.3 is 12.1 Å². The van der Waals surface area contributed by atoms with E-state index >= 15 is 0 Å². The summed E-state index contributed by atoms with van der Waals surface area (Å²) in [6.45, 7) is 6.17. The number of ether oxygens (including phenoxy) is 3. The highest BCUT2D eigenvalue weighted by molar-refractivity contribution is 5.84. The van der Waals surface area contributed by atoms with Crippen molar-refractivity contribution in [3.63, 3.8) is 0 Å². The van der Waals surface area contributed by atoms with Crippen molar-refractivity contribution in [1.82, 2.24) is 5.32 Å². The Kier molecular flexibility index (Phi) is 8.15. The lowest BCUT2D eigenvalue weighted by atomic mass is 9.98. The van der Waals surface area contributed by atoms with Gasteiger partial charge in [0.25, 0.3) is 0 Å². The van der Waals surface area contributed by atoms with E-state index in [1.807, 2.05) is 48.5 Å². The monoisotopic (exact) mass is 563 g/mol. The Morgan fingerprint density at radius 1 is 0.825 bits per heavy atom. The van der Waals surface area contributed by atoms with Gasteiger partial charge in [0.1, 0.15) is 6.61 Å². The molecule has 1 aliphatic carbocycles. The number of benzene rings is 3. The average Bonchev–Trinajstić information content (AvgIpc) is 3.23. The van der Waals surface area contributed by atoms with E-state index in [0.29, 0.717) is 0 Å². The predicted molar refractivity (Wildman–Crippen MR) is 134 cm³/mol. The minimum atomic E-state index is -2.41. The molecule has 4 rings (SSSR count). The van der Waals surface area contributed by atoms with Gasteiger partial charge in [-0.3, -0.25) is 0 Å². The van der Waals surface area contributed by atoms with Crippen molar-refractivity contribution in [3.8, 4) is 16.9 Å². The molecule has 0 aromatic heterocycles. The van der Waals surface area contributed by atoms with Gasteiger partial charge in [0.2, 0.25) is 34.8 Å². The summed E-state index contributed by atoms with van der Waals surface area (Å²) < 4.78 is 84.7. The van der Waals surface area contributed by atoms with Crippen LogP contribution in [0.25, 0.3) is 11.1 Å². The molecule has 0 saturated heterocycles. The van der Waals surface area contributed by atoms with Crippen LogP contribution in [-0.4, -0.2) is 36.4 Å². The van der Waals surface area contributed by atoms with Crippen LogP contribution >= 0.6 is 0 Å². The minimum absolute atomic E-state index is 0.117. The van der Waals surface area contributed by atoms with E-state index in [4.69, 9.17) is 9.47 Å². The van der Waals surface area contributed by atoms with E-state index in [0.717, 1.165) is 22.3 Å². The molecular formula is C29H26F5NO5. The number of nitrogens with one attached hydrogen (secondary N) is 1. The van der Waals surface area contributed by atoms with E-state index < -0.39 is 64.6 Å². The Labute approximate surface area is 227 Å². The number of fused-ring (bicyclic) bond motifs is 3. The summed E-state index contributed by atoms with van der Waals surface area (Å²) in [6.07, 6.45) is -2.26. The zero-order valence-corrected chi connectivity index (χ0v) is 22.0. The molecule has 1 N–H and O–H groups in total. The van der Waals surface area contributed by atoms with Crippen LogP contribution in [0.5, 0.6) is 5.75 Å². The van der Waals surface area contributed by atoms with Gasteiger partial charge in [-0.15, -0.1) is 0 Å². The standard InChI is InChI=1S/C29H26F5NO5/c1-14(40-29(2,3)4)25(27(36)39-26-23(33)21(31)20(30)22(32)24(26)34)35-28(37)38-13-19-17-11-7-5-9-15(17)16-10-6-8-12-18(16)19/h5-12,14,19,25H,13H2,1-4H3,(H,35,37)/t14?,25-/m1/s1. The van der Waals surface area contributed by atoms with E-state index in [9.17, 15) is 31.5 Å². The molecule has 0 saturated carbocycles. The normalized spacial score (nSPS) is 14.2. The van der Waals surface area contributed by atoms with Crippen molar-refractivity contribution in [1.29, 1.82) is 0 Å². The number of halogens is 5. The van der Waals surface area contributed by atoms with Crippen LogP contribution < -0.4 is 10.1 Å². The van der Waals surface area contributed by atoms with Gasteiger partial charge in [-0.2, -0.15) is 8.78 Å². The Morgan fingerprint density at radius 3 is 1.80 bits per heavy atom. The summed E-state index contributed by atoms with van der Waals surface area (Å²) in [6, 6.07) is 13.5. The molecule has 3 aromatic rings. The predicted octanol–water partition coefficient (Wildman–Crippen LogP) is 6.40. The van der Waals surface area contributed by atoms with Crippen LogP contribution in [0.2, 0.25) is 0 Å². The molecule has 1 aliphatic rings. The SMILES string of the molecule is CC(OC(C)(C)C)[C@@H](NC(=O)OCC1c2ccccc2-c2ccccc21)C(=O)Oc1c(F)c(F)c(F)c(F)c1F. The maximum atomic E-state index is 14.2. The number of alkyl carbamates (subject to hydrolysis) is 1. The summed E-state index contributed by atoms with van der Waals surface area (Å²) in [5.74, 6) is -15.3. The summed E-state index contributed by atoms with van der Waals surface area (Å²) >= 11 is 0. The fraction of sp³-hybridized carbons (Fsp3) is 0.310. The number of hydrogen-bond donors (Lipinski definition) is 1. The number of amides is 1. The number of hydrogen-bond acceptors (Lipinski definition) is 5. The van der Waals surface area contributed by atoms with Gasteiger partial charge < -0.3 is 19.5 Å². The van der Waals surface area contributed by atoms with E-state index in [-0.39, 0.29) is 12.5 Å². The number of carbonyl (C=O) groups is 2. The quantitative estimate of drug-likeness (QED) is 0.118. The average molecular weight is 564 g/mol. The van der Waals surface area contributed by atoms with Crippen molar-refractivity contribution in [3.05, 3.63) is 88.7 Å². The van der Waals surface area contributed by atoms with Gasteiger partial charge in [-0.05, 0) is 49.9 Å². The molecule has 1 amide bonds. The van der Waals surface area contributed by atoms with Crippen LogP contribution in [0.15, 0.2) is 48.5 Å². The molecular weight excluding hydrogens is 537 g/mol. The second-order valence-electron chi connectivity index (χ2n) is 10.2. The van der Waals surface area contributed by atoms with Gasteiger partial charge in [-0.25, -0.2) is 22.8 Å². The molecule has 0 aliphatic heterocycles. The number of esters is 1. The first-order valence-electron chi connectivity index (χ1n) is 12.3.